The molecule has 6 rings (SSSR count). The monoisotopic (exact) mass is 520 g/mol. The molecule has 0 bridgehead atoms. The van der Waals surface area contributed by atoms with Crippen LogP contribution in [0.4, 0.5) is 0 Å². The van der Waals surface area contributed by atoms with Crippen molar-refractivity contribution >= 4 is 45.5 Å². The average molecular weight is 521 g/mol. The van der Waals surface area contributed by atoms with Gasteiger partial charge in [0, 0.05) is 46.7 Å². The Bertz CT molecular complexity index is 1690. The number of pyridine rings is 4. The van der Waals surface area contributed by atoms with Gasteiger partial charge in [0.25, 0.3) is 0 Å². The summed E-state index contributed by atoms with van der Waals surface area (Å²) in [7, 11) is 0. The van der Waals surface area contributed by atoms with E-state index in [1.807, 2.05) is 72.8 Å². The maximum Gasteiger partial charge on any atom is 0.186 e. The minimum absolute atomic E-state index is 0.0534. The third kappa shape index (κ3) is 6.82. The third-order valence-electron chi connectivity index (χ3n) is 5.98. The molecule has 0 amide bonds. The first-order valence-electron chi connectivity index (χ1n) is 12.6. The maximum atomic E-state index is 11.9. The predicted molar refractivity (Wildman–Crippen MR) is 159 cm³/mol. The minimum Gasteiger partial charge on any atom is -0.289 e. The SMILES string of the molecule is O=C(/C=C/c1ccc2ccccc2n1)c1ccncc1.O=C(/C=C/c1ccc2ccccc2n1)c1ccncc1. The van der Waals surface area contributed by atoms with Gasteiger partial charge < -0.3 is 0 Å². The van der Waals surface area contributed by atoms with Crippen LogP contribution in [0.1, 0.15) is 32.1 Å². The van der Waals surface area contributed by atoms with E-state index in [4.69, 9.17) is 0 Å². The van der Waals surface area contributed by atoms with E-state index < -0.39 is 0 Å². The number of benzene rings is 2. The minimum atomic E-state index is -0.0534. The summed E-state index contributed by atoms with van der Waals surface area (Å²) in [6, 6.07) is 30.4. The van der Waals surface area contributed by atoms with Gasteiger partial charge in [0.05, 0.1) is 22.4 Å². The van der Waals surface area contributed by atoms with Crippen molar-refractivity contribution in [2.75, 3.05) is 0 Å². The van der Waals surface area contributed by atoms with Gasteiger partial charge in [-0.25, -0.2) is 9.97 Å². The van der Waals surface area contributed by atoms with E-state index in [9.17, 15) is 9.59 Å². The Balaban J connectivity index is 0.000000161. The largest absolute Gasteiger partial charge is 0.289 e. The summed E-state index contributed by atoms with van der Waals surface area (Å²) in [5, 5.41) is 2.18. The first-order valence-corrected chi connectivity index (χ1v) is 12.6. The van der Waals surface area contributed by atoms with Crippen LogP contribution in [0.2, 0.25) is 0 Å². The summed E-state index contributed by atoms with van der Waals surface area (Å²) >= 11 is 0. The Morgan fingerprint density at radius 1 is 0.475 bits per heavy atom. The zero-order valence-corrected chi connectivity index (χ0v) is 21.5. The number of rotatable bonds is 6. The van der Waals surface area contributed by atoms with Crippen LogP contribution in [0.5, 0.6) is 0 Å². The smallest absolute Gasteiger partial charge is 0.186 e. The highest BCUT2D eigenvalue weighted by molar-refractivity contribution is 6.07. The van der Waals surface area contributed by atoms with E-state index in [-0.39, 0.29) is 11.6 Å². The molecule has 4 aromatic heterocycles. The van der Waals surface area contributed by atoms with Crippen LogP contribution in [0, 0.1) is 0 Å². The summed E-state index contributed by atoms with van der Waals surface area (Å²) < 4.78 is 0. The fourth-order valence-electron chi connectivity index (χ4n) is 3.90. The highest BCUT2D eigenvalue weighted by atomic mass is 16.1. The quantitative estimate of drug-likeness (QED) is 0.173. The van der Waals surface area contributed by atoms with Gasteiger partial charge in [-0.2, -0.15) is 0 Å². The number of ketones is 2. The molecule has 0 aliphatic rings. The maximum absolute atomic E-state index is 11.9. The number of carbonyl (C=O) groups is 2. The number of fused-ring (bicyclic) bond motifs is 2. The van der Waals surface area contributed by atoms with E-state index in [0.29, 0.717) is 11.1 Å². The molecule has 6 nitrogen and oxygen atoms in total. The standard InChI is InChI=1S/2C17H12N2O/c2*20-17(14-9-11-18-12-10-14)8-7-15-6-5-13-3-1-2-4-16(13)19-15/h2*1-12H/b2*8-7+. The summed E-state index contributed by atoms with van der Waals surface area (Å²) in [6.07, 6.45) is 13.0. The summed E-state index contributed by atoms with van der Waals surface area (Å²) in [5.74, 6) is -0.107. The third-order valence-corrected chi connectivity index (χ3v) is 5.98. The second-order valence-electron chi connectivity index (χ2n) is 8.72. The summed E-state index contributed by atoms with van der Waals surface area (Å²) in [6.45, 7) is 0. The highest BCUT2D eigenvalue weighted by Crippen LogP contribution is 2.14. The summed E-state index contributed by atoms with van der Waals surface area (Å²) in [5.41, 5.74) is 4.63. The van der Waals surface area contributed by atoms with E-state index >= 15 is 0 Å². The van der Waals surface area contributed by atoms with Crippen molar-refractivity contribution in [1.29, 1.82) is 0 Å². The molecular formula is C34H24N4O2. The number of aromatic nitrogens is 4. The number of carbonyl (C=O) groups excluding carboxylic acids is 2. The number of hydrogen-bond donors (Lipinski definition) is 0. The second kappa shape index (κ2) is 12.8. The highest BCUT2D eigenvalue weighted by Gasteiger charge is 2.02. The van der Waals surface area contributed by atoms with Gasteiger partial charge in [-0.3, -0.25) is 19.6 Å². The van der Waals surface area contributed by atoms with Crippen LogP contribution >= 0.6 is 0 Å². The average Bonchev–Trinajstić information content (AvgIpc) is 3.03. The fraction of sp³-hybridized carbons (Fsp3) is 0. The van der Waals surface area contributed by atoms with Crippen molar-refractivity contribution in [1.82, 2.24) is 19.9 Å². The number of para-hydroxylation sites is 2. The molecule has 0 aliphatic carbocycles. The van der Waals surface area contributed by atoms with E-state index in [2.05, 4.69) is 19.9 Å². The molecule has 4 heterocycles. The number of hydrogen-bond acceptors (Lipinski definition) is 6. The van der Waals surface area contributed by atoms with Gasteiger partial charge >= 0.3 is 0 Å². The van der Waals surface area contributed by atoms with Gasteiger partial charge in [-0.1, -0.05) is 48.5 Å². The van der Waals surface area contributed by atoms with Gasteiger partial charge in [0.15, 0.2) is 11.6 Å². The second-order valence-corrected chi connectivity index (χ2v) is 8.72. The molecule has 0 saturated carbocycles. The number of nitrogens with zero attached hydrogens (tertiary/aromatic N) is 4. The Morgan fingerprint density at radius 2 is 0.875 bits per heavy atom. The number of allylic oxidation sites excluding steroid dienone is 2. The van der Waals surface area contributed by atoms with Gasteiger partial charge in [-0.15, -0.1) is 0 Å². The van der Waals surface area contributed by atoms with Crippen molar-refractivity contribution < 1.29 is 9.59 Å². The molecule has 0 N–H and O–H groups in total. The van der Waals surface area contributed by atoms with Crippen molar-refractivity contribution in [3.63, 3.8) is 0 Å². The normalized spacial score (nSPS) is 11.0. The molecule has 40 heavy (non-hydrogen) atoms. The Labute approximate surface area is 231 Å². The first-order chi connectivity index (χ1) is 19.7. The van der Waals surface area contributed by atoms with Crippen LogP contribution in [-0.4, -0.2) is 31.5 Å². The van der Waals surface area contributed by atoms with Crippen LogP contribution in [0.3, 0.4) is 0 Å². The lowest BCUT2D eigenvalue weighted by atomic mass is 10.1. The van der Waals surface area contributed by atoms with E-state index in [0.717, 1.165) is 33.2 Å². The Kier molecular flexibility index (Phi) is 8.29. The molecule has 6 heteroatoms. The lowest BCUT2D eigenvalue weighted by Gasteiger charge is -1.98. The molecule has 0 radical (unpaired) electrons. The molecule has 192 valence electrons. The lowest BCUT2D eigenvalue weighted by Crippen LogP contribution is -1.94. The topological polar surface area (TPSA) is 85.7 Å². The van der Waals surface area contributed by atoms with Gasteiger partial charge in [-0.05, 0) is 72.8 Å². The molecule has 2 aromatic carbocycles. The van der Waals surface area contributed by atoms with Gasteiger partial charge in [0.1, 0.15) is 0 Å². The molecule has 0 aliphatic heterocycles. The molecular weight excluding hydrogens is 496 g/mol. The van der Waals surface area contributed by atoms with E-state index in [1.165, 1.54) is 12.2 Å². The van der Waals surface area contributed by atoms with Crippen molar-refractivity contribution in [3.8, 4) is 0 Å². The van der Waals surface area contributed by atoms with Crippen LogP contribution in [0.15, 0.2) is 134 Å². The molecule has 0 saturated heterocycles. The van der Waals surface area contributed by atoms with Crippen LogP contribution < -0.4 is 0 Å². The van der Waals surface area contributed by atoms with Gasteiger partial charge in [0.2, 0.25) is 0 Å². The Morgan fingerprint density at radius 3 is 1.30 bits per heavy atom. The first kappa shape index (κ1) is 26.0. The lowest BCUT2D eigenvalue weighted by molar-refractivity contribution is 0.103. The summed E-state index contributed by atoms with van der Waals surface area (Å²) in [4.78, 5) is 40.6. The van der Waals surface area contributed by atoms with Crippen molar-refractivity contribution in [2.45, 2.75) is 0 Å². The molecule has 0 fully saturated rings. The zero-order chi connectivity index (χ0) is 27.6. The zero-order valence-electron chi connectivity index (χ0n) is 21.5. The molecule has 6 aromatic rings. The molecule has 0 unspecified atom stereocenters. The molecule has 0 spiro atoms. The fourth-order valence-corrected chi connectivity index (χ4v) is 3.90. The molecule has 0 atom stereocenters. The van der Waals surface area contributed by atoms with Crippen LogP contribution in [-0.2, 0) is 0 Å². The van der Waals surface area contributed by atoms with Crippen LogP contribution in [0.25, 0.3) is 34.0 Å². The Hall–Kier alpha value is -5.62. The predicted octanol–water partition coefficient (Wildman–Crippen LogP) is 7.05. The van der Waals surface area contributed by atoms with Crippen molar-refractivity contribution in [2.24, 2.45) is 0 Å². The van der Waals surface area contributed by atoms with Crippen molar-refractivity contribution in [3.05, 3.63) is 157 Å². The van der Waals surface area contributed by atoms with E-state index in [1.54, 1.807) is 61.2 Å².